The second kappa shape index (κ2) is 4.30. The van der Waals surface area contributed by atoms with Crippen molar-refractivity contribution in [2.24, 2.45) is 5.92 Å². The number of hydrogen-bond donors (Lipinski definition) is 0. The van der Waals surface area contributed by atoms with E-state index in [1.165, 1.54) is 13.8 Å². The maximum absolute atomic E-state index is 13.3. The lowest BCUT2D eigenvalue weighted by Gasteiger charge is -2.19. The predicted octanol–water partition coefficient (Wildman–Crippen LogP) is 4.34. The van der Waals surface area contributed by atoms with E-state index in [1.54, 1.807) is 12.1 Å². The molecule has 0 fully saturated rings. The summed E-state index contributed by atoms with van der Waals surface area (Å²) in [4.78, 5) is 0.620. The van der Waals surface area contributed by atoms with Gasteiger partial charge in [-0.2, -0.15) is 8.78 Å². The van der Waals surface area contributed by atoms with Gasteiger partial charge in [-0.15, -0.1) is 0 Å². The maximum atomic E-state index is 13.3. The van der Waals surface area contributed by atoms with Crippen molar-refractivity contribution >= 4 is 11.8 Å². The van der Waals surface area contributed by atoms with Crippen LogP contribution in [0.2, 0.25) is 0 Å². The Hall–Kier alpha value is -0.570. The number of thioether (sulfide) groups is 1. The lowest BCUT2D eigenvalue weighted by molar-refractivity contribution is 0.0546. The summed E-state index contributed by atoms with van der Waals surface area (Å²) in [7, 11) is 0. The summed E-state index contributed by atoms with van der Waals surface area (Å²) >= 11 is 0.629. The molecule has 0 aliphatic heterocycles. The summed E-state index contributed by atoms with van der Waals surface area (Å²) in [5, 5.41) is -2.69. The molecule has 14 heavy (non-hydrogen) atoms. The Bertz CT molecular complexity index is 291. The van der Waals surface area contributed by atoms with Gasteiger partial charge in [0.2, 0.25) is 0 Å². The molecule has 1 aromatic rings. The molecule has 0 aliphatic carbocycles. The number of rotatable bonds is 3. The largest absolute Gasteiger partial charge is 0.300 e. The second-order valence-corrected chi connectivity index (χ2v) is 4.85. The van der Waals surface area contributed by atoms with Gasteiger partial charge in [0.15, 0.2) is 0 Å². The molecule has 1 rings (SSSR count). The molecular weight excluding hydrogens is 202 g/mol. The van der Waals surface area contributed by atoms with E-state index in [0.717, 1.165) is 5.56 Å². The van der Waals surface area contributed by atoms with E-state index in [2.05, 4.69) is 0 Å². The van der Waals surface area contributed by atoms with Crippen LogP contribution in [0.5, 0.6) is 0 Å². The van der Waals surface area contributed by atoms with Gasteiger partial charge in [-0.05, 0) is 19.1 Å². The van der Waals surface area contributed by atoms with E-state index in [4.69, 9.17) is 0 Å². The van der Waals surface area contributed by atoms with Crippen LogP contribution in [0.1, 0.15) is 19.4 Å². The van der Waals surface area contributed by atoms with Crippen molar-refractivity contribution in [3.05, 3.63) is 29.8 Å². The van der Waals surface area contributed by atoms with Crippen LogP contribution >= 0.6 is 11.8 Å². The summed E-state index contributed by atoms with van der Waals surface area (Å²) in [6, 6.07) is 7.16. The fourth-order valence-corrected chi connectivity index (χ4v) is 1.70. The van der Waals surface area contributed by atoms with E-state index in [9.17, 15) is 8.78 Å². The second-order valence-electron chi connectivity index (χ2n) is 3.63. The van der Waals surface area contributed by atoms with Crippen molar-refractivity contribution < 1.29 is 8.78 Å². The molecule has 0 heterocycles. The molecule has 0 radical (unpaired) electrons. The predicted molar refractivity (Wildman–Crippen MR) is 56.8 cm³/mol. The van der Waals surface area contributed by atoms with Gasteiger partial charge in [0.25, 0.3) is 5.25 Å². The molecule has 0 N–H and O–H groups in total. The third kappa shape index (κ3) is 2.98. The third-order valence-corrected chi connectivity index (χ3v) is 3.20. The van der Waals surface area contributed by atoms with Crippen LogP contribution in [-0.2, 0) is 0 Å². The zero-order valence-electron chi connectivity index (χ0n) is 8.55. The van der Waals surface area contributed by atoms with Crippen LogP contribution < -0.4 is 0 Å². The average molecular weight is 216 g/mol. The van der Waals surface area contributed by atoms with Crippen LogP contribution in [0.25, 0.3) is 0 Å². The van der Waals surface area contributed by atoms with Crippen molar-refractivity contribution in [1.82, 2.24) is 0 Å². The Balaban J connectivity index is 2.74. The van der Waals surface area contributed by atoms with Gasteiger partial charge in [-0.1, -0.05) is 43.3 Å². The van der Waals surface area contributed by atoms with Crippen molar-refractivity contribution in [2.75, 3.05) is 0 Å². The molecular formula is C11H14F2S. The lowest BCUT2D eigenvalue weighted by atomic mass is 10.2. The summed E-state index contributed by atoms with van der Waals surface area (Å²) in [5.74, 6) is -0.645. The number of alkyl halides is 2. The summed E-state index contributed by atoms with van der Waals surface area (Å²) < 4.78 is 26.6. The number of hydrogen-bond acceptors (Lipinski definition) is 1. The normalized spacial score (nSPS) is 12.1. The summed E-state index contributed by atoms with van der Waals surface area (Å²) in [5.41, 5.74) is 1.09. The van der Waals surface area contributed by atoms with Gasteiger partial charge in [-0.3, -0.25) is 0 Å². The Morgan fingerprint density at radius 3 is 2.07 bits per heavy atom. The van der Waals surface area contributed by atoms with Crippen LogP contribution in [0.15, 0.2) is 29.2 Å². The molecule has 78 valence electrons. The molecule has 0 aromatic heterocycles. The highest BCUT2D eigenvalue weighted by atomic mass is 32.2. The van der Waals surface area contributed by atoms with E-state index in [-0.39, 0.29) is 0 Å². The minimum atomic E-state index is -2.69. The van der Waals surface area contributed by atoms with Gasteiger partial charge < -0.3 is 0 Å². The highest BCUT2D eigenvalue weighted by molar-refractivity contribution is 8.00. The van der Waals surface area contributed by atoms with Crippen molar-refractivity contribution in [2.45, 2.75) is 30.9 Å². The number of benzene rings is 1. The molecule has 0 unspecified atom stereocenters. The fourth-order valence-electron chi connectivity index (χ4n) is 0.881. The zero-order chi connectivity index (χ0) is 10.8. The third-order valence-electron chi connectivity index (χ3n) is 1.95. The van der Waals surface area contributed by atoms with E-state index >= 15 is 0 Å². The molecule has 0 amide bonds. The first-order chi connectivity index (χ1) is 6.42. The molecule has 0 aliphatic rings. The Labute approximate surface area is 87.7 Å². The molecule has 0 saturated heterocycles. The SMILES string of the molecule is Cc1ccc(SC(F)(F)C(C)C)cc1. The van der Waals surface area contributed by atoms with Gasteiger partial charge >= 0.3 is 0 Å². The molecule has 0 saturated carbocycles. The zero-order valence-corrected chi connectivity index (χ0v) is 9.37. The standard InChI is InChI=1S/C11H14F2S/c1-8(2)11(12,13)14-10-6-4-9(3)5-7-10/h4-8H,1-3H3. The molecule has 0 atom stereocenters. The highest BCUT2D eigenvalue weighted by Gasteiger charge is 2.34. The molecule has 3 heteroatoms. The van der Waals surface area contributed by atoms with Crippen LogP contribution in [-0.4, -0.2) is 5.25 Å². The van der Waals surface area contributed by atoms with Gasteiger partial charge in [0, 0.05) is 10.8 Å². The lowest BCUT2D eigenvalue weighted by Crippen LogP contribution is -2.18. The van der Waals surface area contributed by atoms with Crippen LogP contribution in [0.3, 0.4) is 0 Å². The van der Waals surface area contributed by atoms with Crippen molar-refractivity contribution in [3.63, 3.8) is 0 Å². The minimum Gasteiger partial charge on any atom is -0.194 e. The molecule has 0 bridgehead atoms. The Morgan fingerprint density at radius 2 is 1.64 bits per heavy atom. The molecule has 1 aromatic carbocycles. The summed E-state index contributed by atoms with van der Waals surface area (Å²) in [6.45, 7) is 5.00. The van der Waals surface area contributed by atoms with Gasteiger partial charge in [0.05, 0.1) is 0 Å². The van der Waals surface area contributed by atoms with Gasteiger partial charge in [0.1, 0.15) is 0 Å². The smallest absolute Gasteiger partial charge is 0.194 e. The first-order valence-electron chi connectivity index (χ1n) is 4.55. The first-order valence-corrected chi connectivity index (χ1v) is 5.37. The van der Waals surface area contributed by atoms with E-state index < -0.39 is 11.2 Å². The maximum Gasteiger partial charge on any atom is 0.300 e. The van der Waals surface area contributed by atoms with Crippen molar-refractivity contribution in [1.29, 1.82) is 0 Å². The highest BCUT2D eigenvalue weighted by Crippen LogP contribution is 2.41. The quantitative estimate of drug-likeness (QED) is 0.677. The minimum absolute atomic E-state index is 0.620. The van der Waals surface area contributed by atoms with E-state index in [1.807, 2.05) is 19.1 Å². The topological polar surface area (TPSA) is 0 Å². The van der Waals surface area contributed by atoms with Crippen molar-refractivity contribution in [3.8, 4) is 0 Å². The summed E-state index contributed by atoms with van der Waals surface area (Å²) in [6.07, 6.45) is 0. The average Bonchev–Trinajstić information content (AvgIpc) is 2.08. The number of halogens is 2. The van der Waals surface area contributed by atoms with Gasteiger partial charge in [-0.25, -0.2) is 0 Å². The number of aryl methyl sites for hydroxylation is 1. The molecule has 0 nitrogen and oxygen atoms in total. The van der Waals surface area contributed by atoms with Crippen LogP contribution in [0.4, 0.5) is 8.78 Å². The first kappa shape index (κ1) is 11.5. The van der Waals surface area contributed by atoms with Crippen LogP contribution in [0, 0.1) is 12.8 Å². The van der Waals surface area contributed by atoms with E-state index in [0.29, 0.717) is 16.7 Å². The Morgan fingerprint density at radius 1 is 1.14 bits per heavy atom. The fraction of sp³-hybridized carbons (Fsp3) is 0.455. The Kier molecular flexibility index (Phi) is 3.53. The molecule has 0 spiro atoms. The monoisotopic (exact) mass is 216 g/mol.